The Kier molecular flexibility index (Phi) is 5.52. The largest absolute Gasteiger partial charge is 0.332 e. The van der Waals surface area contributed by atoms with Crippen molar-refractivity contribution < 1.29 is 4.79 Å². The number of amides is 1. The van der Waals surface area contributed by atoms with Gasteiger partial charge in [0.1, 0.15) is 0 Å². The fourth-order valence-corrected chi connectivity index (χ4v) is 2.54. The van der Waals surface area contributed by atoms with Gasteiger partial charge >= 0.3 is 0 Å². The Balaban J connectivity index is 2.09. The summed E-state index contributed by atoms with van der Waals surface area (Å²) in [6, 6.07) is 12.8. The van der Waals surface area contributed by atoms with Crippen molar-refractivity contribution in [2.24, 2.45) is 0 Å². The Morgan fingerprint density at radius 2 is 1.95 bits per heavy atom. The lowest BCUT2D eigenvalue weighted by molar-refractivity contribution is 0.0977. The predicted molar refractivity (Wildman–Crippen MR) is 95.7 cm³/mol. The summed E-state index contributed by atoms with van der Waals surface area (Å²) >= 11 is 11.1. The van der Waals surface area contributed by atoms with E-state index in [1.807, 2.05) is 25.1 Å². The maximum absolute atomic E-state index is 12.1. The van der Waals surface area contributed by atoms with Gasteiger partial charge in [0.2, 0.25) is 0 Å². The molecule has 0 atom stereocenters. The van der Waals surface area contributed by atoms with E-state index in [2.05, 4.69) is 17.6 Å². The van der Waals surface area contributed by atoms with E-state index in [0.29, 0.717) is 10.6 Å². The molecule has 114 valence electrons. The summed E-state index contributed by atoms with van der Waals surface area (Å²) in [6.45, 7) is 4.08. The third-order valence-electron chi connectivity index (χ3n) is 3.29. The maximum Gasteiger partial charge on any atom is 0.257 e. The topological polar surface area (TPSA) is 41.1 Å². The van der Waals surface area contributed by atoms with Gasteiger partial charge in [0, 0.05) is 16.3 Å². The molecular formula is C17H17ClN2OS. The van der Waals surface area contributed by atoms with Crippen molar-refractivity contribution in [3.8, 4) is 0 Å². The third-order valence-corrected chi connectivity index (χ3v) is 3.73. The monoisotopic (exact) mass is 332 g/mol. The number of carbonyl (C=O) groups excluding carboxylic acids is 1. The molecule has 0 saturated heterocycles. The van der Waals surface area contributed by atoms with Crippen molar-refractivity contribution in [1.82, 2.24) is 5.32 Å². The summed E-state index contributed by atoms with van der Waals surface area (Å²) in [6.07, 6.45) is 0.884. The zero-order chi connectivity index (χ0) is 16.1. The van der Waals surface area contributed by atoms with Crippen LogP contribution in [-0.2, 0) is 6.42 Å². The van der Waals surface area contributed by atoms with Gasteiger partial charge in [0.15, 0.2) is 5.11 Å². The van der Waals surface area contributed by atoms with Crippen LogP contribution in [0.5, 0.6) is 0 Å². The molecule has 0 radical (unpaired) electrons. The molecule has 22 heavy (non-hydrogen) atoms. The van der Waals surface area contributed by atoms with Gasteiger partial charge in [-0.2, -0.15) is 0 Å². The van der Waals surface area contributed by atoms with E-state index in [4.69, 9.17) is 23.8 Å². The molecule has 1 amide bonds. The number of thiocarbonyl (C=S) groups is 1. The van der Waals surface area contributed by atoms with Crippen molar-refractivity contribution in [1.29, 1.82) is 0 Å². The molecule has 2 rings (SSSR count). The molecule has 0 unspecified atom stereocenters. The Labute approximate surface area is 140 Å². The minimum absolute atomic E-state index is 0.272. The number of para-hydroxylation sites is 1. The maximum atomic E-state index is 12.1. The summed E-state index contributed by atoms with van der Waals surface area (Å²) in [5.41, 5.74) is 3.65. The molecule has 2 aromatic rings. The van der Waals surface area contributed by atoms with Gasteiger partial charge in [-0.25, -0.2) is 0 Å². The molecule has 0 heterocycles. The van der Waals surface area contributed by atoms with Crippen molar-refractivity contribution in [3.63, 3.8) is 0 Å². The molecule has 0 aliphatic carbocycles. The van der Waals surface area contributed by atoms with Gasteiger partial charge in [-0.05, 0) is 54.9 Å². The van der Waals surface area contributed by atoms with Crippen LogP contribution in [0, 0.1) is 6.92 Å². The molecule has 0 bridgehead atoms. The second-order valence-electron chi connectivity index (χ2n) is 4.88. The van der Waals surface area contributed by atoms with Gasteiger partial charge in [-0.1, -0.05) is 42.8 Å². The highest BCUT2D eigenvalue weighted by atomic mass is 35.5. The number of nitrogens with one attached hydrogen (secondary N) is 2. The number of hydrogen-bond acceptors (Lipinski definition) is 2. The highest BCUT2D eigenvalue weighted by Gasteiger charge is 2.10. The first-order valence-electron chi connectivity index (χ1n) is 6.97. The van der Waals surface area contributed by atoms with Crippen molar-refractivity contribution in [2.45, 2.75) is 20.3 Å². The van der Waals surface area contributed by atoms with E-state index in [1.54, 1.807) is 24.3 Å². The van der Waals surface area contributed by atoms with E-state index in [-0.39, 0.29) is 11.0 Å². The van der Waals surface area contributed by atoms with Crippen molar-refractivity contribution in [3.05, 3.63) is 64.2 Å². The number of aryl methyl sites for hydroxylation is 2. The number of anilines is 1. The number of hydrogen-bond donors (Lipinski definition) is 2. The first-order valence-corrected chi connectivity index (χ1v) is 7.76. The Hall–Kier alpha value is -1.91. The molecule has 2 aromatic carbocycles. The summed E-state index contributed by atoms with van der Waals surface area (Å²) in [4.78, 5) is 12.1. The molecule has 0 aliphatic rings. The summed E-state index contributed by atoms with van der Waals surface area (Å²) < 4.78 is 0. The van der Waals surface area contributed by atoms with Crippen LogP contribution >= 0.6 is 23.8 Å². The van der Waals surface area contributed by atoms with Crippen LogP contribution in [-0.4, -0.2) is 11.0 Å². The van der Waals surface area contributed by atoms with E-state index < -0.39 is 0 Å². The molecule has 0 aliphatic heterocycles. The fraction of sp³-hybridized carbons (Fsp3) is 0.176. The van der Waals surface area contributed by atoms with E-state index in [1.165, 1.54) is 0 Å². The lowest BCUT2D eigenvalue weighted by Gasteiger charge is -2.15. The Bertz CT molecular complexity index is 716. The third kappa shape index (κ3) is 4.06. The lowest BCUT2D eigenvalue weighted by Crippen LogP contribution is -2.34. The van der Waals surface area contributed by atoms with E-state index in [0.717, 1.165) is 23.2 Å². The SMILES string of the molecule is CCc1cccc(C)c1NC(=S)NC(=O)c1cccc(Cl)c1. The van der Waals surface area contributed by atoms with Gasteiger partial charge < -0.3 is 5.32 Å². The predicted octanol–water partition coefficient (Wildman–Crippen LogP) is 4.34. The lowest BCUT2D eigenvalue weighted by atomic mass is 10.1. The van der Waals surface area contributed by atoms with Crippen LogP contribution < -0.4 is 10.6 Å². The number of carbonyl (C=O) groups is 1. The molecular weight excluding hydrogens is 316 g/mol. The fourth-order valence-electron chi connectivity index (χ4n) is 2.15. The molecule has 0 aromatic heterocycles. The number of benzene rings is 2. The van der Waals surface area contributed by atoms with E-state index in [9.17, 15) is 4.79 Å². The Morgan fingerprint density at radius 1 is 1.23 bits per heavy atom. The van der Waals surface area contributed by atoms with Gasteiger partial charge in [-0.15, -0.1) is 0 Å². The van der Waals surface area contributed by atoms with Crippen LogP contribution in [0.3, 0.4) is 0 Å². The van der Waals surface area contributed by atoms with Crippen LogP contribution in [0.1, 0.15) is 28.4 Å². The standard InChI is InChI=1S/C17H17ClN2OS/c1-3-12-7-4-6-11(2)15(12)19-17(22)20-16(21)13-8-5-9-14(18)10-13/h4-10H,3H2,1-2H3,(H2,19,20,21,22). The highest BCUT2D eigenvalue weighted by molar-refractivity contribution is 7.80. The normalized spacial score (nSPS) is 10.1. The second kappa shape index (κ2) is 7.38. The van der Waals surface area contributed by atoms with Crippen LogP contribution in [0.4, 0.5) is 5.69 Å². The minimum atomic E-state index is -0.286. The van der Waals surface area contributed by atoms with Gasteiger partial charge in [0.05, 0.1) is 0 Å². The van der Waals surface area contributed by atoms with Crippen LogP contribution in [0.2, 0.25) is 5.02 Å². The second-order valence-corrected chi connectivity index (χ2v) is 5.73. The van der Waals surface area contributed by atoms with Gasteiger partial charge in [0.25, 0.3) is 5.91 Å². The number of rotatable bonds is 3. The number of halogens is 1. The molecule has 0 saturated carbocycles. The van der Waals surface area contributed by atoms with Crippen LogP contribution in [0.15, 0.2) is 42.5 Å². The van der Waals surface area contributed by atoms with Crippen molar-refractivity contribution >= 4 is 40.5 Å². The van der Waals surface area contributed by atoms with Crippen LogP contribution in [0.25, 0.3) is 0 Å². The summed E-state index contributed by atoms with van der Waals surface area (Å²) in [7, 11) is 0. The zero-order valence-corrected chi connectivity index (χ0v) is 14.0. The molecule has 0 spiro atoms. The smallest absolute Gasteiger partial charge is 0.257 e. The highest BCUT2D eigenvalue weighted by Crippen LogP contribution is 2.21. The summed E-state index contributed by atoms with van der Waals surface area (Å²) in [5, 5.41) is 6.57. The first-order chi connectivity index (χ1) is 10.5. The molecule has 0 fully saturated rings. The quantitative estimate of drug-likeness (QED) is 0.822. The summed E-state index contributed by atoms with van der Waals surface area (Å²) in [5.74, 6) is -0.286. The van der Waals surface area contributed by atoms with Gasteiger partial charge in [-0.3, -0.25) is 10.1 Å². The Morgan fingerprint density at radius 3 is 2.64 bits per heavy atom. The van der Waals surface area contributed by atoms with Crippen molar-refractivity contribution in [2.75, 3.05) is 5.32 Å². The molecule has 5 heteroatoms. The van der Waals surface area contributed by atoms with E-state index >= 15 is 0 Å². The zero-order valence-electron chi connectivity index (χ0n) is 12.4. The first kappa shape index (κ1) is 16.5. The molecule has 3 nitrogen and oxygen atoms in total. The molecule has 2 N–H and O–H groups in total. The minimum Gasteiger partial charge on any atom is -0.332 e. The average Bonchev–Trinajstić information content (AvgIpc) is 2.49. The average molecular weight is 333 g/mol.